The van der Waals surface area contributed by atoms with Gasteiger partial charge in [0.05, 0.1) is 12.8 Å². The maximum Gasteiger partial charge on any atom is 0.257 e. The zero-order chi connectivity index (χ0) is 17.1. The van der Waals surface area contributed by atoms with Crippen LogP contribution in [0.1, 0.15) is 20.8 Å². The van der Waals surface area contributed by atoms with Crippen molar-refractivity contribution in [1.82, 2.24) is 4.98 Å². The van der Waals surface area contributed by atoms with Crippen LogP contribution in [0.15, 0.2) is 48.5 Å². The lowest BCUT2D eigenvalue weighted by molar-refractivity contribution is 0.102. The van der Waals surface area contributed by atoms with Crippen LogP contribution in [0.3, 0.4) is 0 Å². The van der Waals surface area contributed by atoms with Gasteiger partial charge in [-0.1, -0.05) is 17.7 Å². The fourth-order valence-corrected chi connectivity index (χ4v) is 3.17. The Morgan fingerprint density at radius 1 is 1.04 bits per heavy atom. The number of carbonyl (C=O) groups is 1. The van der Waals surface area contributed by atoms with E-state index in [4.69, 9.17) is 4.74 Å². The molecule has 0 fully saturated rings. The van der Waals surface area contributed by atoms with Gasteiger partial charge in [0.1, 0.15) is 5.75 Å². The molecule has 0 aliphatic rings. The van der Waals surface area contributed by atoms with E-state index >= 15 is 0 Å². The first kappa shape index (κ1) is 16.2. The molecule has 3 aromatic rings. The molecule has 1 N–H and O–H groups in total. The van der Waals surface area contributed by atoms with Crippen molar-refractivity contribution in [2.45, 2.75) is 13.8 Å². The Balaban J connectivity index is 1.80. The van der Waals surface area contributed by atoms with Gasteiger partial charge >= 0.3 is 0 Å². The molecule has 0 saturated carbocycles. The number of rotatable bonds is 4. The van der Waals surface area contributed by atoms with Gasteiger partial charge in [-0.05, 0) is 50.2 Å². The van der Waals surface area contributed by atoms with Crippen molar-refractivity contribution in [3.63, 3.8) is 0 Å². The number of hydrogen-bond acceptors (Lipinski definition) is 4. The van der Waals surface area contributed by atoms with E-state index in [0.717, 1.165) is 27.4 Å². The number of hydrogen-bond donors (Lipinski definition) is 1. The molecule has 1 heterocycles. The van der Waals surface area contributed by atoms with Crippen molar-refractivity contribution < 1.29 is 9.53 Å². The third-order valence-electron chi connectivity index (χ3n) is 3.69. The molecule has 5 heteroatoms. The van der Waals surface area contributed by atoms with Crippen molar-refractivity contribution >= 4 is 22.4 Å². The highest BCUT2D eigenvalue weighted by atomic mass is 32.1. The molecule has 2 aromatic carbocycles. The summed E-state index contributed by atoms with van der Waals surface area (Å²) in [7, 11) is 1.64. The number of benzene rings is 2. The Morgan fingerprint density at radius 2 is 1.71 bits per heavy atom. The molecule has 0 atom stereocenters. The number of aryl methyl sites for hydroxylation is 2. The number of aromatic nitrogens is 1. The molecule has 0 saturated heterocycles. The smallest absolute Gasteiger partial charge is 0.257 e. The summed E-state index contributed by atoms with van der Waals surface area (Å²) >= 11 is 1.47. The van der Waals surface area contributed by atoms with E-state index in [9.17, 15) is 4.79 Å². The highest BCUT2D eigenvalue weighted by molar-refractivity contribution is 7.16. The first-order valence-electron chi connectivity index (χ1n) is 7.56. The molecule has 0 bridgehead atoms. The van der Waals surface area contributed by atoms with E-state index in [-0.39, 0.29) is 5.91 Å². The van der Waals surface area contributed by atoms with Crippen molar-refractivity contribution in [2.24, 2.45) is 0 Å². The third-order valence-corrected chi connectivity index (χ3v) is 4.58. The summed E-state index contributed by atoms with van der Waals surface area (Å²) in [5, 5.41) is 3.48. The van der Waals surface area contributed by atoms with Crippen LogP contribution in [0.2, 0.25) is 0 Å². The molecule has 0 unspecified atom stereocenters. The summed E-state index contributed by atoms with van der Waals surface area (Å²) in [6.07, 6.45) is 0. The molecule has 24 heavy (non-hydrogen) atoms. The van der Waals surface area contributed by atoms with Gasteiger partial charge in [0.2, 0.25) is 0 Å². The second-order valence-electron chi connectivity index (χ2n) is 5.47. The summed E-state index contributed by atoms with van der Waals surface area (Å²) < 4.78 is 5.18. The fourth-order valence-electron chi connectivity index (χ4n) is 2.34. The molecule has 122 valence electrons. The zero-order valence-corrected chi connectivity index (χ0v) is 14.6. The quantitative estimate of drug-likeness (QED) is 0.751. The number of nitrogens with zero attached hydrogens (tertiary/aromatic N) is 1. The number of ether oxygens (including phenoxy) is 1. The lowest BCUT2D eigenvalue weighted by atomic mass is 10.1. The van der Waals surface area contributed by atoms with Crippen LogP contribution < -0.4 is 10.1 Å². The van der Waals surface area contributed by atoms with Crippen LogP contribution in [0, 0.1) is 13.8 Å². The maximum absolute atomic E-state index is 12.3. The van der Waals surface area contributed by atoms with Gasteiger partial charge in [0.15, 0.2) is 5.13 Å². The van der Waals surface area contributed by atoms with E-state index in [2.05, 4.69) is 10.3 Å². The number of amides is 1. The number of thiazole rings is 1. The Hall–Kier alpha value is -2.66. The van der Waals surface area contributed by atoms with Gasteiger partial charge in [-0.3, -0.25) is 10.1 Å². The van der Waals surface area contributed by atoms with Crippen LogP contribution in [-0.2, 0) is 0 Å². The lowest BCUT2D eigenvalue weighted by Gasteiger charge is -2.02. The van der Waals surface area contributed by atoms with Crippen LogP contribution in [-0.4, -0.2) is 18.0 Å². The van der Waals surface area contributed by atoms with Crippen LogP contribution in [0.5, 0.6) is 5.75 Å². The second-order valence-corrected chi connectivity index (χ2v) is 6.68. The molecule has 0 radical (unpaired) electrons. The Kier molecular flexibility index (Phi) is 4.62. The summed E-state index contributed by atoms with van der Waals surface area (Å²) in [6, 6.07) is 15.2. The van der Waals surface area contributed by atoms with Gasteiger partial charge in [-0.2, -0.15) is 0 Å². The van der Waals surface area contributed by atoms with E-state index in [1.807, 2.05) is 62.4 Å². The molecule has 0 aliphatic carbocycles. The normalized spacial score (nSPS) is 10.5. The minimum absolute atomic E-state index is 0.148. The summed E-state index contributed by atoms with van der Waals surface area (Å²) in [5.41, 5.74) is 3.63. The number of carbonyl (C=O) groups excluding carboxylic acids is 1. The van der Waals surface area contributed by atoms with Gasteiger partial charge in [-0.15, -0.1) is 11.3 Å². The number of anilines is 1. The Bertz CT molecular complexity index is 852. The predicted octanol–water partition coefficient (Wildman–Crippen LogP) is 4.69. The van der Waals surface area contributed by atoms with E-state index in [1.165, 1.54) is 11.3 Å². The molecule has 4 nitrogen and oxygen atoms in total. The molecular weight excluding hydrogens is 320 g/mol. The van der Waals surface area contributed by atoms with Gasteiger partial charge in [0.25, 0.3) is 5.91 Å². The SMILES string of the molecule is COc1ccc(-c2nc(NC(=O)c3ccc(C)cc3)sc2C)cc1. The highest BCUT2D eigenvalue weighted by Gasteiger charge is 2.13. The van der Waals surface area contributed by atoms with Gasteiger partial charge in [-0.25, -0.2) is 4.98 Å². The van der Waals surface area contributed by atoms with Crippen LogP contribution in [0.4, 0.5) is 5.13 Å². The molecule has 1 amide bonds. The van der Waals surface area contributed by atoms with Crippen molar-refractivity contribution in [3.05, 3.63) is 64.5 Å². The standard InChI is InChI=1S/C19H18N2O2S/c1-12-4-6-15(7-5-12)18(22)21-19-20-17(13(2)24-19)14-8-10-16(23-3)11-9-14/h4-11H,1-3H3,(H,20,21,22). The fraction of sp³-hybridized carbons (Fsp3) is 0.158. The summed E-state index contributed by atoms with van der Waals surface area (Å²) in [6.45, 7) is 3.99. The molecular formula is C19H18N2O2S. The Morgan fingerprint density at radius 3 is 2.33 bits per heavy atom. The van der Waals surface area contributed by atoms with Crippen LogP contribution in [0.25, 0.3) is 11.3 Å². The molecule has 1 aromatic heterocycles. The minimum Gasteiger partial charge on any atom is -0.497 e. The molecule has 3 rings (SSSR count). The van der Waals surface area contributed by atoms with Crippen molar-refractivity contribution in [1.29, 1.82) is 0 Å². The van der Waals surface area contributed by atoms with E-state index < -0.39 is 0 Å². The largest absolute Gasteiger partial charge is 0.497 e. The topological polar surface area (TPSA) is 51.2 Å². The summed E-state index contributed by atoms with van der Waals surface area (Å²) in [4.78, 5) is 17.9. The summed E-state index contributed by atoms with van der Waals surface area (Å²) in [5.74, 6) is 0.657. The predicted molar refractivity (Wildman–Crippen MR) is 98.0 cm³/mol. The number of methoxy groups -OCH3 is 1. The molecule has 0 spiro atoms. The van der Waals surface area contributed by atoms with Gasteiger partial charge < -0.3 is 4.74 Å². The monoisotopic (exact) mass is 338 g/mol. The Labute approximate surface area is 145 Å². The van der Waals surface area contributed by atoms with E-state index in [1.54, 1.807) is 7.11 Å². The van der Waals surface area contributed by atoms with Crippen molar-refractivity contribution in [2.75, 3.05) is 12.4 Å². The zero-order valence-electron chi connectivity index (χ0n) is 13.8. The van der Waals surface area contributed by atoms with Crippen LogP contribution >= 0.6 is 11.3 Å². The average Bonchev–Trinajstić information content (AvgIpc) is 2.95. The number of nitrogens with one attached hydrogen (secondary N) is 1. The second kappa shape index (κ2) is 6.84. The maximum atomic E-state index is 12.3. The first-order chi connectivity index (χ1) is 11.6. The lowest BCUT2D eigenvalue weighted by Crippen LogP contribution is -2.11. The van der Waals surface area contributed by atoms with E-state index in [0.29, 0.717) is 10.7 Å². The van der Waals surface area contributed by atoms with Crippen molar-refractivity contribution in [3.8, 4) is 17.0 Å². The van der Waals surface area contributed by atoms with Gasteiger partial charge in [0, 0.05) is 16.0 Å². The highest BCUT2D eigenvalue weighted by Crippen LogP contribution is 2.31. The minimum atomic E-state index is -0.148. The average molecular weight is 338 g/mol. The third kappa shape index (κ3) is 3.46. The first-order valence-corrected chi connectivity index (χ1v) is 8.38. The molecule has 0 aliphatic heterocycles.